The van der Waals surface area contributed by atoms with Gasteiger partial charge in [-0.1, -0.05) is 43.3 Å². The van der Waals surface area contributed by atoms with E-state index in [1.807, 2.05) is 12.3 Å². The van der Waals surface area contributed by atoms with Gasteiger partial charge < -0.3 is 4.98 Å². The monoisotopic (exact) mass is 265 g/mol. The van der Waals surface area contributed by atoms with Crippen molar-refractivity contribution < 1.29 is 4.39 Å². The van der Waals surface area contributed by atoms with Gasteiger partial charge in [0.15, 0.2) is 0 Å². The summed E-state index contributed by atoms with van der Waals surface area (Å²) in [4.78, 5) is 3.10. The Labute approximate surface area is 117 Å². The molecule has 3 aromatic rings. The van der Waals surface area contributed by atoms with Crippen LogP contribution in [-0.2, 0) is 0 Å². The number of H-pyrrole nitrogens is 1. The third kappa shape index (κ3) is 1.54. The van der Waals surface area contributed by atoms with Crippen molar-refractivity contribution in [3.05, 3.63) is 71.2 Å². The highest BCUT2D eigenvalue weighted by molar-refractivity contribution is 5.85. The highest BCUT2D eigenvalue weighted by atomic mass is 19.1. The normalized spacial score (nSPS) is 21.3. The first-order valence-electron chi connectivity index (χ1n) is 7.10. The van der Waals surface area contributed by atoms with Crippen molar-refractivity contribution in [2.45, 2.75) is 25.2 Å². The highest BCUT2D eigenvalue weighted by Gasteiger charge is 2.30. The molecule has 0 fully saturated rings. The molecule has 0 saturated heterocycles. The summed E-state index contributed by atoms with van der Waals surface area (Å²) >= 11 is 0. The van der Waals surface area contributed by atoms with Crippen molar-refractivity contribution in [2.24, 2.45) is 0 Å². The lowest BCUT2D eigenvalue weighted by molar-refractivity contribution is 0.637. The third-order valence-corrected chi connectivity index (χ3v) is 4.56. The molecule has 1 nitrogen and oxygen atoms in total. The van der Waals surface area contributed by atoms with E-state index in [9.17, 15) is 4.39 Å². The van der Waals surface area contributed by atoms with Gasteiger partial charge >= 0.3 is 0 Å². The van der Waals surface area contributed by atoms with E-state index >= 15 is 0 Å². The van der Waals surface area contributed by atoms with Crippen molar-refractivity contribution in [2.75, 3.05) is 0 Å². The maximum atomic E-state index is 13.8. The van der Waals surface area contributed by atoms with Crippen molar-refractivity contribution in [1.82, 2.24) is 4.98 Å². The van der Waals surface area contributed by atoms with Crippen LogP contribution in [0.25, 0.3) is 10.9 Å². The summed E-state index contributed by atoms with van der Waals surface area (Å²) in [7, 11) is 0. The van der Waals surface area contributed by atoms with Crippen LogP contribution in [0.5, 0.6) is 0 Å². The molecule has 1 N–H and O–H groups in total. The zero-order valence-corrected chi connectivity index (χ0v) is 11.4. The van der Waals surface area contributed by atoms with Gasteiger partial charge in [-0.3, -0.25) is 0 Å². The fourth-order valence-corrected chi connectivity index (χ4v) is 3.61. The summed E-state index contributed by atoms with van der Waals surface area (Å²) in [5.41, 5.74) is 4.67. The Morgan fingerprint density at radius 2 is 1.80 bits per heavy atom. The summed E-state index contributed by atoms with van der Waals surface area (Å²) < 4.78 is 13.8. The lowest BCUT2D eigenvalue weighted by atomic mass is 9.92. The first-order chi connectivity index (χ1) is 9.75. The van der Waals surface area contributed by atoms with Crippen molar-refractivity contribution in [3.8, 4) is 0 Å². The molecule has 0 saturated carbocycles. The van der Waals surface area contributed by atoms with Crippen LogP contribution in [-0.4, -0.2) is 4.98 Å². The number of benzene rings is 2. The van der Waals surface area contributed by atoms with Crippen LogP contribution < -0.4 is 0 Å². The van der Waals surface area contributed by atoms with E-state index in [0.717, 1.165) is 11.8 Å². The molecule has 2 aromatic carbocycles. The number of hydrogen-bond donors (Lipinski definition) is 1. The summed E-state index contributed by atoms with van der Waals surface area (Å²) in [6, 6.07) is 13.9. The number of hydrogen-bond acceptors (Lipinski definition) is 0. The summed E-state index contributed by atoms with van der Waals surface area (Å²) in [6.07, 6.45) is 3.08. The number of rotatable bonds is 1. The van der Waals surface area contributed by atoms with Gasteiger partial charge in [0.2, 0.25) is 0 Å². The summed E-state index contributed by atoms with van der Waals surface area (Å²) in [6.45, 7) is 2.27. The number of aromatic nitrogens is 1. The minimum atomic E-state index is -0.173. The molecule has 2 atom stereocenters. The van der Waals surface area contributed by atoms with E-state index in [4.69, 9.17) is 0 Å². The molecular formula is C18H16FN. The number of nitrogens with one attached hydrogen (secondary N) is 1. The summed E-state index contributed by atoms with van der Waals surface area (Å²) in [5, 5.41) is 1.01. The molecule has 1 aromatic heterocycles. The Bertz CT molecular complexity index is 787. The summed E-state index contributed by atoms with van der Waals surface area (Å²) in [5.74, 6) is 0.763. The minimum Gasteiger partial charge on any atom is -0.358 e. The van der Waals surface area contributed by atoms with E-state index < -0.39 is 0 Å². The van der Waals surface area contributed by atoms with Crippen LogP contribution >= 0.6 is 0 Å². The fourth-order valence-electron chi connectivity index (χ4n) is 3.61. The largest absolute Gasteiger partial charge is 0.358 e. The van der Waals surface area contributed by atoms with Crippen LogP contribution in [0.4, 0.5) is 4.39 Å². The maximum absolute atomic E-state index is 13.8. The van der Waals surface area contributed by atoms with Crippen LogP contribution in [0, 0.1) is 5.82 Å². The standard InChI is InChI=1S/C18H16FN/c1-11-9-15(13-6-3-2-5-12(11)13)16-10-20-18-14(16)7-4-8-17(18)19/h2-8,10-11,15,20H,9H2,1H3/t11-,15+/m1/s1. The molecule has 0 spiro atoms. The predicted octanol–water partition coefficient (Wildman–Crippen LogP) is 4.95. The quantitative estimate of drug-likeness (QED) is 0.641. The van der Waals surface area contributed by atoms with Gasteiger partial charge in [-0.15, -0.1) is 0 Å². The fraction of sp³-hybridized carbons (Fsp3) is 0.222. The molecule has 0 radical (unpaired) electrons. The van der Waals surface area contributed by atoms with Gasteiger partial charge in [0.1, 0.15) is 5.82 Å². The Morgan fingerprint density at radius 3 is 2.65 bits per heavy atom. The second-order valence-electron chi connectivity index (χ2n) is 5.72. The van der Waals surface area contributed by atoms with E-state index in [1.54, 1.807) is 6.07 Å². The van der Waals surface area contributed by atoms with Crippen LogP contribution in [0.3, 0.4) is 0 Å². The molecule has 2 heteroatoms. The lowest BCUT2D eigenvalue weighted by Crippen LogP contribution is -1.95. The number of fused-ring (bicyclic) bond motifs is 2. The molecule has 0 unspecified atom stereocenters. The molecule has 4 rings (SSSR count). The Kier molecular flexibility index (Phi) is 2.46. The minimum absolute atomic E-state index is 0.173. The van der Waals surface area contributed by atoms with Crippen molar-refractivity contribution in [1.29, 1.82) is 0 Å². The average Bonchev–Trinajstić information content (AvgIpc) is 3.02. The number of halogens is 1. The van der Waals surface area contributed by atoms with Crippen LogP contribution in [0.15, 0.2) is 48.7 Å². The Balaban J connectivity index is 1.91. The lowest BCUT2D eigenvalue weighted by Gasteiger charge is -2.10. The highest BCUT2D eigenvalue weighted by Crippen LogP contribution is 2.46. The van der Waals surface area contributed by atoms with E-state index in [2.05, 4.69) is 36.2 Å². The smallest absolute Gasteiger partial charge is 0.147 e. The molecule has 1 heterocycles. The van der Waals surface area contributed by atoms with E-state index in [0.29, 0.717) is 17.4 Å². The Morgan fingerprint density at radius 1 is 1.00 bits per heavy atom. The third-order valence-electron chi connectivity index (χ3n) is 4.56. The first-order valence-corrected chi connectivity index (χ1v) is 7.10. The molecule has 0 aliphatic heterocycles. The van der Waals surface area contributed by atoms with Crippen LogP contribution in [0.2, 0.25) is 0 Å². The molecule has 0 amide bonds. The zero-order valence-electron chi connectivity index (χ0n) is 11.4. The van der Waals surface area contributed by atoms with Crippen molar-refractivity contribution in [3.63, 3.8) is 0 Å². The molecule has 20 heavy (non-hydrogen) atoms. The first kappa shape index (κ1) is 11.7. The molecule has 100 valence electrons. The molecule has 1 aliphatic carbocycles. The van der Waals surface area contributed by atoms with Gasteiger partial charge in [0.25, 0.3) is 0 Å². The van der Waals surface area contributed by atoms with Gasteiger partial charge in [0, 0.05) is 17.5 Å². The zero-order chi connectivity index (χ0) is 13.7. The average molecular weight is 265 g/mol. The Hall–Kier alpha value is -2.09. The number of para-hydroxylation sites is 1. The second kappa shape index (κ2) is 4.20. The van der Waals surface area contributed by atoms with Gasteiger partial charge in [-0.05, 0) is 35.1 Å². The van der Waals surface area contributed by atoms with Crippen molar-refractivity contribution >= 4 is 10.9 Å². The SMILES string of the molecule is C[C@@H]1C[C@H](c2c[nH]c3c(F)cccc23)c2ccccc21. The van der Waals surface area contributed by atoms with Gasteiger partial charge in [0.05, 0.1) is 5.52 Å². The second-order valence-corrected chi connectivity index (χ2v) is 5.72. The predicted molar refractivity (Wildman–Crippen MR) is 79.6 cm³/mol. The van der Waals surface area contributed by atoms with E-state index in [1.165, 1.54) is 22.8 Å². The van der Waals surface area contributed by atoms with Gasteiger partial charge in [-0.2, -0.15) is 0 Å². The molecular weight excluding hydrogens is 249 g/mol. The van der Waals surface area contributed by atoms with Crippen LogP contribution in [0.1, 0.15) is 41.9 Å². The van der Waals surface area contributed by atoms with Gasteiger partial charge in [-0.25, -0.2) is 4.39 Å². The molecule has 0 bridgehead atoms. The van der Waals surface area contributed by atoms with E-state index in [-0.39, 0.29) is 5.82 Å². The molecule has 1 aliphatic rings. The maximum Gasteiger partial charge on any atom is 0.147 e. The number of aromatic amines is 1. The topological polar surface area (TPSA) is 15.8 Å².